The van der Waals surface area contributed by atoms with E-state index in [0.717, 1.165) is 37.1 Å². The Morgan fingerprint density at radius 3 is 1.29 bits per heavy atom. The fraction of sp³-hybridized carbons (Fsp3) is 0.533. The molecule has 4 unspecified atom stereocenters. The third-order valence-electron chi connectivity index (χ3n) is 16.0. The Kier molecular flexibility index (Phi) is 19.4. The third-order valence-corrected chi connectivity index (χ3v) is 16.0. The summed E-state index contributed by atoms with van der Waals surface area (Å²) in [4.78, 5) is 67.0. The summed E-state index contributed by atoms with van der Waals surface area (Å²) in [7, 11) is 0. The molecule has 0 aliphatic carbocycles. The number of piperidine rings is 2. The molecule has 20 heteroatoms. The maximum Gasteiger partial charge on any atom is 0.339 e. The van der Waals surface area contributed by atoms with E-state index in [-0.39, 0.29) is 48.9 Å². The SMILES string of the molecule is O=C(OC(C(=O)N(Cc1ccc(F)cc1)C1CCN(CCC2OCCCO2)CC1)c1ccc2c(c1)CCO2)C(O)C(O)C(=O)OC(C(=O)N(Cc1ccc(F)cc1)C1CCN(CCC2OCCCO2)CC1)c1ccc2c(c1)CCO2. The number of hydrogen-bond donors (Lipinski definition) is 2. The molecule has 0 aromatic heterocycles. The fourth-order valence-corrected chi connectivity index (χ4v) is 11.4. The number of carbonyl (C=O) groups is 4. The van der Waals surface area contributed by atoms with Crippen LogP contribution in [0.1, 0.15) is 97.0 Å². The van der Waals surface area contributed by atoms with Crippen LogP contribution in [-0.2, 0) is 73.5 Å². The lowest BCUT2D eigenvalue weighted by Gasteiger charge is -2.40. The number of aliphatic hydroxyl groups excluding tert-OH is 2. The van der Waals surface area contributed by atoms with Crippen LogP contribution in [0.5, 0.6) is 11.5 Å². The van der Waals surface area contributed by atoms with Crippen LogP contribution in [0.3, 0.4) is 0 Å². The van der Waals surface area contributed by atoms with Crippen molar-refractivity contribution in [2.24, 2.45) is 0 Å². The molecule has 4 fully saturated rings. The van der Waals surface area contributed by atoms with Crippen LogP contribution in [-0.4, -0.2) is 169 Å². The average Bonchev–Trinajstić information content (AvgIpc) is 4.30. The maximum atomic E-state index is 15.3. The van der Waals surface area contributed by atoms with E-state index in [9.17, 15) is 28.6 Å². The van der Waals surface area contributed by atoms with Gasteiger partial charge in [0.15, 0.2) is 24.8 Å². The van der Waals surface area contributed by atoms with Gasteiger partial charge in [-0.15, -0.1) is 0 Å². The summed E-state index contributed by atoms with van der Waals surface area (Å²) in [5, 5.41) is 23.3. The molecule has 430 valence electrons. The number of ether oxygens (including phenoxy) is 8. The van der Waals surface area contributed by atoms with Crippen molar-refractivity contribution in [2.45, 2.75) is 126 Å². The molecule has 6 aliphatic rings. The van der Waals surface area contributed by atoms with E-state index in [1.807, 2.05) is 0 Å². The number of amides is 2. The normalized spacial score (nSPS) is 20.1. The van der Waals surface area contributed by atoms with E-state index in [0.29, 0.717) is 140 Å². The van der Waals surface area contributed by atoms with Crippen LogP contribution >= 0.6 is 0 Å². The Labute approximate surface area is 464 Å². The van der Waals surface area contributed by atoms with Gasteiger partial charge in [-0.1, -0.05) is 36.4 Å². The zero-order valence-electron chi connectivity index (χ0n) is 45.0. The van der Waals surface area contributed by atoms with Crippen LogP contribution < -0.4 is 9.47 Å². The zero-order chi connectivity index (χ0) is 55.5. The smallest absolute Gasteiger partial charge is 0.339 e. The largest absolute Gasteiger partial charge is 0.493 e. The highest BCUT2D eigenvalue weighted by atomic mass is 19.1. The molecule has 4 atom stereocenters. The molecule has 2 N–H and O–H groups in total. The maximum absolute atomic E-state index is 15.3. The van der Waals surface area contributed by atoms with Crippen LogP contribution in [0.2, 0.25) is 0 Å². The Balaban J connectivity index is 0.877. The first-order chi connectivity index (χ1) is 38.9. The number of hydrogen-bond acceptors (Lipinski definition) is 16. The Bertz CT molecular complexity index is 2540. The van der Waals surface area contributed by atoms with Crippen molar-refractivity contribution < 1.29 is 76.1 Å². The number of aliphatic hydroxyl groups is 2. The highest BCUT2D eigenvalue weighted by molar-refractivity contribution is 5.91. The van der Waals surface area contributed by atoms with E-state index in [1.54, 1.807) is 70.5 Å². The van der Waals surface area contributed by atoms with E-state index in [4.69, 9.17) is 37.9 Å². The van der Waals surface area contributed by atoms with Crippen molar-refractivity contribution >= 4 is 23.8 Å². The van der Waals surface area contributed by atoms with Crippen LogP contribution in [0.25, 0.3) is 0 Å². The summed E-state index contributed by atoms with van der Waals surface area (Å²) in [6.45, 7) is 7.45. The first-order valence-corrected chi connectivity index (χ1v) is 28.2. The summed E-state index contributed by atoms with van der Waals surface area (Å²) < 4.78 is 74.9. The second-order valence-electron chi connectivity index (χ2n) is 21.4. The van der Waals surface area contributed by atoms with Crippen LogP contribution in [0.15, 0.2) is 84.9 Å². The lowest BCUT2D eigenvalue weighted by Crippen LogP contribution is -2.50. The molecule has 2 amide bonds. The molecule has 18 nitrogen and oxygen atoms in total. The van der Waals surface area contributed by atoms with Gasteiger partial charge in [-0.05, 0) is 109 Å². The quantitative estimate of drug-likeness (QED) is 0.0962. The first kappa shape index (κ1) is 57.1. The number of likely N-dealkylation sites (tertiary alicyclic amines) is 2. The summed E-state index contributed by atoms with van der Waals surface area (Å²) in [6, 6.07) is 20.8. The number of benzene rings is 4. The average molecular weight is 1110 g/mol. The summed E-state index contributed by atoms with van der Waals surface area (Å²) in [6.07, 6.45) is -2.78. The molecule has 0 saturated carbocycles. The highest BCUT2D eigenvalue weighted by Crippen LogP contribution is 2.35. The van der Waals surface area contributed by atoms with Crippen molar-refractivity contribution in [3.8, 4) is 11.5 Å². The van der Waals surface area contributed by atoms with Gasteiger partial charge in [-0.3, -0.25) is 9.59 Å². The molecule has 80 heavy (non-hydrogen) atoms. The zero-order valence-corrected chi connectivity index (χ0v) is 45.0. The van der Waals surface area contributed by atoms with Crippen LogP contribution in [0.4, 0.5) is 8.78 Å². The minimum absolute atomic E-state index is 0.0277. The fourth-order valence-electron chi connectivity index (χ4n) is 11.4. The van der Waals surface area contributed by atoms with Crippen molar-refractivity contribution in [2.75, 3.05) is 78.9 Å². The Hall–Kier alpha value is -6.10. The molecule has 6 heterocycles. The molecular weight excluding hydrogens is 1040 g/mol. The highest BCUT2D eigenvalue weighted by Gasteiger charge is 2.43. The van der Waals surface area contributed by atoms with Crippen molar-refractivity contribution in [3.63, 3.8) is 0 Å². The lowest BCUT2D eigenvalue weighted by atomic mass is 9.98. The molecule has 4 aromatic carbocycles. The molecule has 6 aliphatic heterocycles. The summed E-state index contributed by atoms with van der Waals surface area (Å²) in [5.74, 6) is -3.99. The van der Waals surface area contributed by atoms with Gasteiger partial charge in [0.1, 0.15) is 23.1 Å². The number of halogens is 2. The predicted octanol–water partition coefficient (Wildman–Crippen LogP) is 5.72. The summed E-state index contributed by atoms with van der Waals surface area (Å²) in [5.41, 5.74) is 3.29. The minimum atomic E-state index is -2.59. The van der Waals surface area contributed by atoms with E-state index in [2.05, 4.69) is 9.80 Å². The van der Waals surface area contributed by atoms with Crippen molar-refractivity contribution in [1.82, 2.24) is 19.6 Å². The Morgan fingerprint density at radius 1 is 0.537 bits per heavy atom. The number of nitrogens with zero attached hydrogens (tertiary/aromatic N) is 4. The molecule has 0 spiro atoms. The van der Waals surface area contributed by atoms with Gasteiger partial charge in [0.05, 0.1) is 39.6 Å². The topological polar surface area (TPSA) is 196 Å². The van der Waals surface area contributed by atoms with E-state index < -0.39 is 59.8 Å². The number of carbonyl (C=O) groups excluding carboxylic acids is 4. The van der Waals surface area contributed by atoms with Gasteiger partial charge in [0.25, 0.3) is 11.8 Å². The van der Waals surface area contributed by atoms with Gasteiger partial charge < -0.3 is 67.7 Å². The number of rotatable bonds is 21. The molecule has 4 aromatic rings. The van der Waals surface area contributed by atoms with Crippen molar-refractivity contribution in [1.29, 1.82) is 0 Å². The van der Waals surface area contributed by atoms with Gasteiger partial charge in [-0.2, -0.15) is 0 Å². The van der Waals surface area contributed by atoms with E-state index >= 15 is 9.59 Å². The molecule has 0 radical (unpaired) electrons. The van der Waals surface area contributed by atoms with Gasteiger partial charge in [-0.25, -0.2) is 18.4 Å². The second-order valence-corrected chi connectivity index (χ2v) is 21.4. The molecular formula is C60H72F2N4O14. The van der Waals surface area contributed by atoms with Crippen molar-refractivity contribution in [3.05, 3.63) is 130 Å². The van der Waals surface area contributed by atoms with Crippen LogP contribution in [0, 0.1) is 11.6 Å². The molecule has 10 rings (SSSR count). The molecule has 0 bridgehead atoms. The Morgan fingerprint density at radius 2 is 0.912 bits per heavy atom. The number of fused-ring (bicyclic) bond motifs is 2. The predicted molar refractivity (Wildman–Crippen MR) is 284 cm³/mol. The lowest BCUT2D eigenvalue weighted by molar-refractivity contribution is -0.185. The third kappa shape index (κ3) is 14.5. The first-order valence-electron chi connectivity index (χ1n) is 28.2. The van der Waals surface area contributed by atoms with Gasteiger partial charge >= 0.3 is 11.9 Å². The monoisotopic (exact) mass is 1110 g/mol. The minimum Gasteiger partial charge on any atom is -0.493 e. The second kappa shape index (κ2) is 27.1. The van der Waals surface area contributed by atoms with Gasteiger partial charge in [0, 0.05) is 101 Å². The summed E-state index contributed by atoms with van der Waals surface area (Å²) >= 11 is 0. The van der Waals surface area contributed by atoms with E-state index in [1.165, 1.54) is 24.3 Å². The standard InChI is InChI=1S/C60H72F2N4O14/c61-45-9-3-39(4-10-45)37-65(47-15-23-63(24-16-47)27-19-51-75-29-1-30-76-51)57(69)55(43-7-13-49-41(35-43)21-33-73-49)79-59(71)53(67)54(68)60(72)80-56(44-8-14-50-42(36-44)22-34-74-50)58(70)66(38-40-5-11-46(62)12-6-40)48-17-25-64(26-18-48)28-20-52-77-31-2-32-78-52/h3-14,35-36,47-48,51-56,67-68H,1-2,15-34,37-38H2. The molecule has 4 saturated heterocycles. The number of esters is 2. The van der Waals surface area contributed by atoms with Gasteiger partial charge in [0.2, 0.25) is 12.2 Å².